The molecule has 1 aliphatic rings. The highest BCUT2D eigenvalue weighted by atomic mass is 16.5. The van der Waals surface area contributed by atoms with Crippen molar-refractivity contribution in [2.75, 3.05) is 13.2 Å². The number of hydrogen-bond donors (Lipinski definition) is 0. The van der Waals surface area contributed by atoms with E-state index in [1.807, 2.05) is 18.2 Å². The van der Waals surface area contributed by atoms with Gasteiger partial charge in [0.05, 0.1) is 23.7 Å². The second-order valence-electron chi connectivity index (χ2n) is 6.62. The zero-order valence-corrected chi connectivity index (χ0v) is 14.8. The topological polar surface area (TPSA) is 72.6 Å². The van der Waals surface area contributed by atoms with Gasteiger partial charge in [-0.3, -0.25) is 14.6 Å². The first-order valence-corrected chi connectivity index (χ1v) is 9.04. The van der Waals surface area contributed by atoms with Crippen molar-refractivity contribution in [3.05, 3.63) is 76.4 Å². The van der Waals surface area contributed by atoms with Crippen LogP contribution in [-0.2, 0) is 11.3 Å². The fourth-order valence-electron chi connectivity index (χ4n) is 3.34. The van der Waals surface area contributed by atoms with Gasteiger partial charge in [-0.1, -0.05) is 18.2 Å². The minimum Gasteiger partial charge on any atom is -0.463 e. The molecular weight excluding hydrogens is 344 g/mol. The van der Waals surface area contributed by atoms with Gasteiger partial charge in [0, 0.05) is 19.3 Å². The summed E-state index contributed by atoms with van der Waals surface area (Å²) in [6.45, 7) is 1.43. The van der Waals surface area contributed by atoms with E-state index in [1.165, 1.54) is 6.26 Å². The van der Waals surface area contributed by atoms with Crippen LogP contribution in [-0.4, -0.2) is 35.0 Å². The summed E-state index contributed by atoms with van der Waals surface area (Å²) in [5.41, 5.74) is 0.936. The number of ether oxygens (including phenoxy) is 1. The Hall–Kier alpha value is -2.99. The van der Waals surface area contributed by atoms with Crippen LogP contribution in [0, 0.1) is 0 Å². The molecule has 3 aromatic rings. The molecule has 6 nitrogen and oxygen atoms in total. The van der Waals surface area contributed by atoms with E-state index >= 15 is 0 Å². The van der Waals surface area contributed by atoms with Crippen LogP contribution in [0.2, 0.25) is 0 Å². The van der Waals surface area contributed by atoms with Gasteiger partial charge in [0.1, 0.15) is 17.4 Å². The summed E-state index contributed by atoms with van der Waals surface area (Å²) >= 11 is 0. The largest absolute Gasteiger partial charge is 0.463 e. The van der Waals surface area contributed by atoms with Crippen molar-refractivity contribution in [3.8, 4) is 0 Å². The number of carbonyl (C=O) groups is 1. The molecule has 27 heavy (non-hydrogen) atoms. The third kappa shape index (κ3) is 3.75. The van der Waals surface area contributed by atoms with E-state index < -0.39 is 0 Å². The maximum atomic E-state index is 13.2. The number of para-hydroxylation sites is 1. The van der Waals surface area contributed by atoms with Gasteiger partial charge < -0.3 is 14.1 Å². The molecule has 138 valence electrons. The van der Waals surface area contributed by atoms with Gasteiger partial charge in [-0.25, -0.2) is 0 Å². The number of hydrogen-bond acceptors (Lipinski definition) is 5. The van der Waals surface area contributed by atoms with E-state index in [9.17, 15) is 9.59 Å². The van der Waals surface area contributed by atoms with E-state index in [4.69, 9.17) is 9.15 Å². The Morgan fingerprint density at radius 3 is 2.81 bits per heavy atom. The number of nitrogens with zero attached hydrogens (tertiary/aromatic N) is 2. The van der Waals surface area contributed by atoms with Gasteiger partial charge in [0.2, 0.25) is 5.43 Å². The van der Waals surface area contributed by atoms with Crippen LogP contribution in [0.15, 0.2) is 64.1 Å². The summed E-state index contributed by atoms with van der Waals surface area (Å²) in [7, 11) is 0. The Morgan fingerprint density at radius 1 is 1.19 bits per heavy atom. The molecule has 1 unspecified atom stereocenters. The molecule has 1 aromatic carbocycles. The van der Waals surface area contributed by atoms with E-state index in [0.29, 0.717) is 30.7 Å². The van der Waals surface area contributed by atoms with Crippen molar-refractivity contribution in [2.24, 2.45) is 0 Å². The molecule has 1 aliphatic heterocycles. The lowest BCUT2D eigenvalue weighted by molar-refractivity contribution is 0.0502. The third-order valence-electron chi connectivity index (χ3n) is 4.72. The molecule has 6 heteroatoms. The van der Waals surface area contributed by atoms with Crippen LogP contribution in [0.3, 0.4) is 0 Å². The molecule has 0 spiro atoms. The lowest BCUT2D eigenvalue weighted by atomic mass is 10.1. The normalized spacial score (nSPS) is 16.5. The Morgan fingerprint density at radius 2 is 2.04 bits per heavy atom. The molecule has 0 radical (unpaired) electrons. The Labute approximate surface area is 156 Å². The van der Waals surface area contributed by atoms with E-state index in [2.05, 4.69) is 4.98 Å². The average molecular weight is 364 g/mol. The molecule has 2 aromatic heterocycles. The second-order valence-corrected chi connectivity index (χ2v) is 6.62. The molecule has 4 rings (SSSR count). The van der Waals surface area contributed by atoms with Gasteiger partial charge in [0.15, 0.2) is 0 Å². The zero-order valence-electron chi connectivity index (χ0n) is 14.8. The first kappa shape index (κ1) is 17.4. The van der Waals surface area contributed by atoms with Gasteiger partial charge in [-0.2, -0.15) is 0 Å². The average Bonchev–Trinajstić information content (AvgIpc) is 3.21. The van der Waals surface area contributed by atoms with Gasteiger partial charge in [0.25, 0.3) is 5.91 Å². The first-order chi connectivity index (χ1) is 13.2. The molecule has 1 saturated heterocycles. The summed E-state index contributed by atoms with van der Waals surface area (Å²) in [4.78, 5) is 31.9. The maximum absolute atomic E-state index is 13.2. The van der Waals surface area contributed by atoms with Crippen LogP contribution in [0.1, 0.15) is 28.9 Å². The van der Waals surface area contributed by atoms with Gasteiger partial charge in [-0.15, -0.1) is 0 Å². The van der Waals surface area contributed by atoms with E-state index in [-0.39, 0.29) is 23.0 Å². The molecule has 0 aliphatic carbocycles. The van der Waals surface area contributed by atoms with Gasteiger partial charge >= 0.3 is 0 Å². The standard InChI is InChI=1S/C21H20N2O4/c24-20-17-8-1-2-9-19(17)27-14-18(20)21(25)23(13-16-7-5-11-26-16)12-15-6-3-4-10-22-15/h1-4,6,8-10,14,16H,5,7,11-13H2. The molecule has 1 fully saturated rings. The summed E-state index contributed by atoms with van der Waals surface area (Å²) in [5, 5.41) is 0.401. The quantitative estimate of drug-likeness (QED) is 0.696. The molecule has 1 atom stereocenters. The van der Waals surface area contributed by atoms with Crippen molar-refractivity contribution in [2.45, 2.75) is 25.5 Å². The second kappa shape index (κ2) is 7.72. The smallest absolute Gasteiger partial charge is 0.261 e. The number of rotatable bonds is 5. The summed E-state index contributed by atoms with van der Waals surface area (Å²) in [6.07, 6.45) is 4.81. The number of aromatic nitrogens is 1. The Balaban J connectivity index is 1.67. The van der Waals surface area contributed by atoms with Crippen LogP contribution in [0.5, 0.6) is 0 Å². The highest BCUT2D eigenvalue weighted by Crippen LogP contribution is 2.17. The number of fused-ring (bicyclic) bond motifs is 1. The number of carbonyl (C=O) groups excluding carboxylic acids is 1. The Bertz CT molecular complexity index is 994. The Kier molecular flexibility index (Phi) is 4.98. The molecule has 0 N–H and O–H groups in total. The van der Waals surface area contributed by atoms with Crippen LogP contribution in [0.4, 0.5) is 0 Å². The molecule has 0 bridgehead atoms. The van der Waals surface area contributed by atoms with Crippen molar-refractivity contribution in [1.29, 1.82) is 0 Å². The predicted octanol–water partition coefficient (Wildman–Crippen LogP) is 3.01. The fourth-order valence-corrected chi connectivity index (χ4v) is 3.34. The summed E-state index contributed by atoms with van der Waals surface area (Å²) in [6, 6.07) is 12.5. The van der Waals surface area contributed by atoms with E-state index in [0.717, 1.165) is 18.5 Å². The first-order valence-electron chi connectivity index (χ1n) is 9.04. The van der Waals surface area contributed by atoms with Gasteiger partial charge in [-0.05, 0) is 37.1 Å². The van der Waals surface area contributed by atoms with Crippen molar-refractivity contribution in [3.63, 3.8) is 0 Å². The molecular formula is C21H20N2O4. The minimum absolute atomic E-state index is 0.0230. The monoisotopic (exact) mass is 364 g/mol. The van der Waals surface area contributed by atoms with Crippen LogP contribution in [0.25, 0.3) is 11.0 Å². The van der Waals surface area contributed by atoms with E-state index in [1.54, 1.807) is 35.4 Å². The van der Waals surface area contributed by atoms with Crippen molar-refractivity contribution >= 4 is 16.9 Å². The SMILES string of the molecule is O=C(c1coc2ccccc2c1=O)N(Cc1ccccn1)CC1CCCO1. The summed E-state index contributed by atoms with van der Waals surface area (Å²) < 4.78 is 11.2. The lowest BCUT2D eigenvalue weighted by Crippen LogP contribution is -2.39. The number of pyridine rings is 1. The molecule has 0 saturated carbocycles. The lowest BCUT2D eigenvalue weighted by Gasteiger charge is -2.25. The fraction of sp³-hybridized carbons (Fsp3) is 0.286. The third-order valence-corrected chi connectivity index (χ3v) is 4.72. The van der Waals surface area contributed by atoms with Crippen molar-refractivity contribution in [1.82, 2.24) is 9.88 Å². The minimum atomic E-state index is -0.365. The molecule has 3 heterocycles. The maximum Gasteiger partial charge on any atom is 0.261 e. The van der Waals surface area contributed by atoms with Crippen molar-refractivity contribution < 1.29 is 13.9 Å². The zero-order chi connectivity index (χ0) is 18.6. The van der Waals surface area contributed by atoms with Crippen LogP contribution < -0.4 is 5.43 Å². The highest BCUT2D eigenvalue weighted by Gasteiger charge is 2.26. The number of benzene rings is 1. The number of amides is 1. The molecule has 1 amide bonds. The summed E-state index contributed by atoms with van der Waals surface area (Å²) in [5.74, 6) is -0.365. The van der Waals surface area contributed by atoms with Crippen LogP contribution >= 0.6 is 0 Å². The highest BCUT2D eigenvalue weighted by molar-refractivity contribution is 5.96. The predicted molar refractivity (Wildman–Crippen MR) is 100 cm³/mol.